The maximum absolute atomic E-state index is 4.50. The number of benzene rings is 1. The van der Waals surface area contributed by atoms with Crippen LogP contribution in [0.4, 0.5) is 0 Å². The Hall–Kier alpha value is -2.39. The highest BCUT2D eigenvalue weighted by molar-refractivity contribution is 5.83. The van der Waals surface area contributed by atoms with Crippen LogP contribution in [0.1, 0.15) is 55.7 Å². The number of nitrogens with one attached hydrogen (secondary N) is 1. The molecule has 1 aliphatic heterocycles. The second kappa shape index (κ2) is 8.54. The lowest BCUT2D eigenvalue weighted by Gasteiger charge is -2.31. The topological polar surface area (TPSA) is 31.9 Å². The molecule has 3 heteroatoms. The maximum Gasteiger partial charge on any atom is 0.0659 e. The summed E-state index contributed by atoms with van der Waals surface area (Å²) in [6.45, 7) is 3.50. The molecular formula is C26H31N3. The van der Waals surface area contributed by atoms with Crippen molar-refractivity contribution in [3.05, 3.63) is 72.2 Å². The summed E-state index contributed by atoms with van der Waals surface area (Å²) >= 11 is 0. The molecule has 0 spiro atoms. The number of aromatic nitrogens is 2. The van der Waals surface area contributed by atoms with Crippen LogP contribution < -0.4 is 0 Å². The van der Waals surface area contributed by atoms with Crippen LogP contribution >= 0.6 is 0 Å². The van der Waals surface area contributed by atoms with E-state index in [1.54, 1.807) is 5.56 Å². The Balaban J connectivity index is 1.10. The molecule has 1 aliphatic carbocycles. The molecule has 1 N–H and O–H groups in total. The van der Waals surface area contributed by atoms with Gasteiger partial charge in [-0.15, -0.1) is 0 Å². The first-order chi connectivity index (χ1) is 14.4. The van der Waals surface area contributed by atoms with E-state index in [1.807, 2.05) is 12.3 Å². The lowest BCUT2D eigenvalue weighted by Crippen LogP contribution is -2.31. The van der Waals surface area contributed by atoms with E-state index in [-0.39, 0.29) is 0 Å². The Bertz CT molecular complexity index is 964. The second-order valence-corrected chi connectivity index (χ2v) is 8.79. The SMILES string of the molecule is C1=C(c2ccccn2)CCN(CCC2CCC(c3c[nH]c4ccccc34)CC2)C1. The Kier molecular flexibility index (Phi) is 5.49. The van der Waals surface area contributed by atoms with Crippen LogP contribution in [0.2, 0.25) is 0 Å². The fraction of sp³-hybridized carbons (Fsp3) is 0.423. The van der Waals surface area contributed by atoms with Gasteiger partial charge < -0.3 is 4.98 Å². The highest BCUT2D eigenvalue weighted by Crippen LogP contribution is 2.39. The first-order valence-electron chi connectivity index (χ1n) is 11.3. The van der Waals surface area contributed by atoms with Gasteiger partial charge in [0.15, 0.2) is 0 Å². The average molecular weight is 386 g/mol. The predicted molar refractivity (Wildman–Crippen MR) is 121 cm³/mol. The third-order valence-corrected chi connectivity index (χ3v) is 7.05. The Morgan fingerprint density at radius 2 is 1.86 bits per heavy atom. The Labute approximate surface area is 173 Å². The summed E-state index contributed by atoms with van der Waals surface area (Å²) in [5.41, 5.74) is 5.40. The monoisotopic (exact) mass is 385 g/mol. The van der Waals surface area contributed by atoms with Crippen molar-refractivity contribution in [2.75, 3.05) is 19.6 Å². The normalized spacial score (nSPS) is 23.2. The lowest BCUT2D eigenvalue weighted by molar-refractivity contribution is 0.239. The minimum atomic E-state index is 0.737. The first-order valence-corrected chi connectivity index (χ1v) is 11.3. The van der Waals surface area contributed by atoms with Gasteiger partial charge in [0.2, 0.25) is 0 Å². The van der Waals surface area contributed by atoms with Crippen LogP contribution in [0.3, 0.4) is 0 Å². The molecule has 29 heavy (non-hydrogen) atoms. The van der Waals surface area contributed by atoms with Crippen molar-refractivity contribution in [1.29, 1.82) is 0 Å². The van der Waals surface area contributed by atoms with Gasteiger partial charge in [0.25, 0.3) is 0 Å². The van der Waals surface area contributed by atoms with Crippen LogP contribution in [-0.4, -0.2) is 34.5 Å². The first kappa shape index (κ1) is 18.6. The molecule has 0 unspecified atom stereocenters. The average Bonchev–Trinajstić information content (AvgIpc) is 3.23. The summed E-state index contributed by atoms with van der Waals surface area (Å²) in [4.78, 5) is 10.6. The molecule has 1 saturated carbocycles. The van der Waals surface area contributed by atoms with Gasteiger partial charge in [-0.2, -0.15) is 0 Å². The third-order valence-electron chi connectivity index (χ3n) is 7.05. The molecule has 5 rings (SSSR count). The summed E-state index contributed by atoms with van der Waals surface area (Å²) in [7, 11) is 0. The number of para-hydroxylation sites is 1. The van der Waals surface area contributed by atoms with Gasteiger partial charge in [0, 0.05) is 36.4 Å². The lowest BCUT2D eigenvalue weighted by atomic mass is 9.77. The molecule has 0 bridgehead atoms. The number of pyridine rings is 1. The molecule has 2 aromatic heterocycles. The zero-order valence-corrected chi connectivity index (χ0v) is 17.2. The Morgan fingerprint density at radius 1 is 1.00 bits per heavy atom. The second-order valence-electron chi connectivity index (χ2n) is 8.79. The number of hydrogen-bond donors (Lipinski definition) is 1. The van der Waals surface area contributed by atoms with Crippen molar-refractivity contribution in [1.82, 2.24) is 14.9 Å². The van der Waals surface area contributed by atoms with Crippen LogP contribution in [0, 0.1) is 5.92 Å². The van der Waals surface area contributed by atoms with Gasteiger partial charge in [-0.1, -0.05) is 30.3 Å². The molecule has 2 aliphatic rings. The van der Waals surface area contributed by atoms with E-state index in [0.717, 1.165) is 30.5 Å². The predicted octanol–water partition coefficient (Wildman–Crippen LogP) is 6.02. The molecule has 0 radical (unpaired) electrons. The molecule has 0 amide bonds. The molecule has 1 fully saturated rings. The quantitative estimate of drug-likeness (QED) is 0.583. The fourth-order valence-corrected chi connectivity index (χ4v) is 5.26. The number of nitrogens with zero attached hydrogens (tertiary/aromatic N) is 2. The minimum absolute atomic E-state index is 0.737. The van der Waals surface area contributed by atoms with Crippen molar-refractivity contribution < 1.29 is 0 Å². The molecule has 3 aromatic rings. The standard InChI is InChI=1S/C26H31N3/c1-2-7-26-23(5-1)24(19-28-26)21-10-8-20(9-11-21)12-16-29-17-13-22(14-18-29)25-6-3-4-15-27-25/h1-7,13,15,19-21,28H,8-12,14,16-18H2. The van der Waals surface area contributed by atoms with Crippen molar-refractivity contribution in [3.63, 3.8) is 0 Å². The highest BCUT2D eigenvalue weighted by Gasteiger charge is 2.24. The fourth-order valence-electron chi connectivity index (χ4n) is 5.26. The van der Waals surface area contributed by atoms with Crippen LogP contribution in [0.15, 0.2) is 60.9 Å². The number of rotatable bonds is 5. The molecule has 3 nitrogen and oxygen atoms in total. The minimum Gasteiger partial charge on any atom is -0.361 e. The smallest absolute Gasteiger partial charge is 0.0659 e. The van der Waals surface area contributed by atoms with Gasteiger partial charge in [0.05, 0.1) is 5.69 Å². The van der Waals surface area contributed by atoms with Gasteiger partial charge in [0.1, 0.15) is 0 Å². The van der Waals surface area contributed by atoms with E-state index in [4.69, 9.17) is 0 Å². The van der Waals surface area contributed by atoms with Gasteiger partial charge in [-0.05, 0) is 86.2 Å². The molecule has 150 valence electrons. The van der Waals surface area contributed by atoms with Crippen LogP contribution in [-0.2, 0) is 0 Å². The number of fused-ring (bicyclic) bond motifs is 1. The highest BCUT2D eigenvalue weighted by atomic mass is 15.1. The molecule has 0 atom stereocenters. The van der Waals surface area contributed by atoms with Gasteiger partial charge >= 0.3 is 0 Å². The molecule has 1 aromatic carbocycles. The van der Waals surface area contributed by atoms with Gasteiger partial charge in [-0.3, -0.25) is 9.88 Å². The molecule has 0 saturated heterocycles. The summed E-state index contributed by atoms with van der Waals surface area (Å²) in [6.07, 6.45) is 14.5. The summed E-state index contributed by atoms with van der Waals surface area (Å²) in [5.74, 6) is 1.64. The summed E-state index contributed by atoms with van der Waals surface area (Å²) < 4.78 is 0. The van der Waals surface area contributed by atoms with Crippen molar-refractivity contribution in [2.45, 2.75) is 44.4 Å². The number of aromatic amines is 1. The Morgan fingerprint density at radius 3 is 2.66 bits per heavy atom. The number of H-pyrrole nitrogens is 1. The number of hydrogen-bond acceptors (Lipinski definition) is 2. The molecule has 3 heterocycles. The van der Waals surface area contributed by atoms with E-state index < -0.39 is 0 Å². The largest absolute Gasteiger partial charge is 0.361 e. The zero-order chi connectivity index (χ0) is 19.5. The van der Waals surface area contributed by atoms with Crippen molar-refractivity contribution >= 4 is 16.5 Å². The van der Waals surface area contributed by atoms with E-state index in [2.05, 4.69) is 63.5 Å². The maximum atomic E-state index is 4.50. The summed E-state index contributed by atoms with van der Waals surface area (Å²) in [6, 6.07) is 15.0. The van der Waals surface area contributed by atoms with E-state index in [9.17, 15) is 0 Å². The van der Waals surface area contributed by atoms with Crippen molar-refractivity contribution in [3.8, 4) is 0 Å². The van der Waals surface area contributed by atoms with Crippen LogP contribution in [0.25, 0.3) is 16.5 Å². The van der Waals surface area contributed by atoms with E-state index in [0.29, 0.717) is 0 Å². The van der Waals surface area contributed by atoms with Gasteiger partial charge in [-0.25, -0.2) is 0 Å². The van der Waals surface area contributed by atoms with E-state index in [1.165, 1.54) is 61.7 Å². The third kappa shape index (κ3) is 4.16. The van der Waals surface area contributed by atoms with Crippen molar-refractivity contribution in [2.24, 2.45) is 5.92 Å². The zero-order valence-electron chi connectivity index (χ0n) is 17.2. The van der Waals surface area contributed by atoms with Crippen LogP contribution in [0.5, 0.6) is 0 Å². The van der Waals surface area contributed by atoms with E-state index >= 15 is 0 Å². The summed E-state index contributed by atoms with van der Waals surface area (Å²) in [5, 5.41) is 1.43. The molecular weight excluding hydrogens is 354 g/mol.